The van der Waals surface area contributed by atoms with Gasteiger partial charge in [-0.15, -0.1) is 0 Å². The third-order valence-corrected chi connectivity index (χ3v) is 19.5. The molecule has 2 saturated heterocycles. The number of unbranched alkanes of at least 4 members (excludes halogenated alkanes) is 1. The van der Waals surface area contributed by atoms with Crippen molar-refractivity contribution in [2.45, 2.75) is 97.5 Å². The number of carbonyl (C=O) groups excluding carboxylic acids is 2. The average Bonchev–Trinajstić information content (AvgIpc) is 2.17. The van der Waals surface area contributed by atoms with Gasteiger partial charge in [-0.05, 0) is 136 Å². The standard InChI is InChI=1S/C58H78Cl4F2N10O12S2/c59-37-27-45-43(47(61)29-37)33-51(73-17-3-5-39(65)35-73)55(45)85-53-9-7-41(31-49(53)63)87(77,78)71-15-21-83-25-23-81-19-13-69-57(75)67-11-1-2-12-68-58(76)70-14-20-82-24-26-84-22-16-72-88(79,80)42-8-10-54(50(64)32-42)86-56-46-28-38(60)30-48(62)44(46)34-52(56)74-18-4-6-40(66)36-74/h7-10,27-32,39-40,51-52,55-56,71-72H,1-6,11-26,33-36,65-66H2,(H2,67,69,75)(H2,68,70,76)/t39-,40-,51+,52+,55+,56+/m1/s1. The summed E-state index contributed by atoms with van der Waals surface area (Å²) in [6.07, 6.45) is 4.80. The van der Waals surface area contributed by atoms with Crippen LogP contribution in [0.1, 0.15) is 73.0 Å². The number of sulfonamides is 2. The summed E-state index contributed by atoms with van der Waals surface area (Å²) in [5.41, 5.74) is 15.8. The maximum absolute atomic E-state index is 15.6. The molecule has 2 heterocycles. The van der Waals surface area contributed by atoms with Crippen molar-refractivity contribution in [2.24, 2.45) is 11.5 Å². The van der Waals surface area contributed by atoms with Crippen molar-refractivity contribution in [3.63, 3.8) is 0 Å². The molecule has 4 aromatic rings. The lowest BCUT2D eigenvalue weighted by Crippen LogP contribution is -2.49. The molecule has 0 unspecified atom stereocenters. The summed E-state index contributed by atoms with van der Waals surface area (Å²) in [5.74, 6) is -1.90. The molecule has 8 rings (SSSR count). The zero-order valence-corrected chi connectivity index (χ0v) is 53.3. The van der Waals surface area contributed by atoms with Crippen LogP contribution in [0.2, 0.25) is 20.1 Å². The lowest BCUT2D eigenvalue weighted by molar-refractivity contribution is 0.0516. The van der Waals surface area contributed by atoms with E-state index >= 15 is 8.78 Å². The number of urea groups is 2. The van der Waals surface area contributed by atoms with Gasteiger partial charge in [0.15, 0.2) is 23.1 Å². The number of hydrogen-bond acceptors (Lipinski definition) is 16. The van der Waals surface area contributed by atoms with E-state index in [9.17, 15) is 26.4 Å². The molecule has 2 aliphatic heterocycles. The van der Waals surface area contributed by atoms with E-state index in [2.05, 4.69) is 40.5 Å². The van der Waals surface area contributed by atoms with Crippen LogP contribution in [0.3, 0.4) is 0 Å². The average molecular weight is 1350 g/mol. The van der Waals surface area contributed by atoms with Crippen LogP contribution in [0.25, 0.3) is 0 Å². The largest absolute Gasteiger partial charge is 0.481 e. The monoisotopic (exact) mass is 1350 g/mol. The van der Waals surface area contributed by atoms with E-state index in [0.717, 1.165) is 73.2 Å². The summed E-state index contributed by atoms with van der Waals surface area (Å²) in [6.45, 7) is 5.20. The molecule has 2 fully saturated rings. The van der Waals surface area contributed by atoms with Gasteiger partial charge in [-0.25, -0.2) is 44.6 Å². The maximum Gasteiger partial charge on any atom is 0.314 e. The molecular formula is C58H78Cl4F2N10O12S2. The minimum atomic E-state index is -4.08. The first-order valence-corrected chi connectivity index (χ1v) is 33.9. The minimum absolute atomic E-state index is 0.00336. The van der Waals surface area contributed by atoms with Crippen molar-refractivity contribution < 1.29 is 63.6 Å². The summed E-state index contributed by atoms with van der Waals surface area (Å²) >= 11 is 25.9. The fourth-order valence-electron chi connectivity index (χ4n) is 11.2. The quantitative estimate of drug-likeness (QED) is 0.0246. The van der Waals surface area contributed by atoms with Crippen molar-refractivity contribution >= 4 is 78.5 Å². The van der Waals surface area contributed by atoms with Gasteiger partial charge in [-0.1, -0.05) is 46.4 Å². The first-order chi connectivity index (χ1) is 42.3. The van der Waals surface area contributed by atoms with Gasteiger partial charge in [0.05, 0.1) is 74.7 Å². The fraction of sp³-hybridized carbons (Fsp3) is 0.552. The van der Waals surface area contributed by atoms with Crippen molar-refractivity contribution in [3.05, 3.63) is 115 Å². The maximum atomic E-state index is 15.6. The Bertz CT molecular complexity index is 3020. The molecule has 88 heavy (non-hydrogen) atoms. The van der Waals surface area contributed by atoms with Crippen LogP contribution in [0.5, 0.6) is 11.5 Å². The number of benzene rings is 4. The second-order valence-electron chi connectivity index (χ2n) is 21.8. The van der Waals surface area contributed by atoms with Gasteiger partial charge in [-0.2, -0.15) is 0 Å². The van der Waals surface area contributed by atoms with Crippen LogP contribution in [0.15, 0.2) is 70.5 Å². The molecule has 22 nitrogen and oxygen atoms in total. The molecular weight excluding hydrogens is 1270 g/mol. The van der Waals surface area contributed by atoms with Crippen molar-refractivity contribution in [2.75, 3.05) is 118 Å². The number of nitrogens with zero attached hydrogens (tertiary/aromatic N) is 2. The van der Waals surface area contributed by atoms with Gasteiger partial charge < -0.3 is 61.2 Å². The number of fused-ring (bicyclic) bond motifs is 2. The van der Waals surface area contributed by atoms with Crippen molar-refractivity contribution in [3.8, 4) is 11.5 Å². The molecule has 0 saturated carbocycles. The van der Waals surface area contributed by atoms with Gasteiger partial charge in [0.2, 0.25) is 20.0 Å². The first-order valence-electron chi connectivity index (χ1n) is 29.5. The van der Waals surface area contributed by atoms with Gasteiger partial charge in [0, 0.05) is 95.7 Å². The molecule has 2 aliphatic carbocycles. The van der Waals surface area contributed by atoms with Gasteiger partial charge in [0.25, 0.3) is 0 Å². The fourth-order valence-corrected chi connectivity index (χ4v) is 14.4. The first kappa shape index (κ1) is 69.4. The summed E-state index contributed by atoms with van der Waals surface area (Å²) in [6, 6.07) is 12.8. The topological polar surface area (TPSA) is 288 Å². The lowest BCUT2D eigenvalue weighted by atomic mass is 10.0. The Labute approximate surface area is 533 Å². The normalized spacial score (nSPS) is 20.5. The number of likely N-dealkylation sites (tertiary alicyclic amines) is 2. The van der Waals surface area contributed by atoms with Crippen LogP contribution in [-0.2, 0) is 51.8 Å². The summed E-state index contributed by atoms with van der Waals surface area (Å²) in [5, 5.41) is 12.7. The molecule has 4 aliphatic rings. The molecule has 0 aromatic heterocycles. The van der Waals surface area contributed by atoms with Gasteiger partial charge in [0.1, 0.15) is 12.2 Å². The minimum Gasteiger partial charge on any atom is -0.481 e. The molecule has 4 amide bonds. The molecule has 6 atom stereocenters. The van der Waals surface area contributed by atoms with Gasteiger partial charge >= 0.3 is 12.1 Å². The highest BCUT2D eigenvalue weighted by atomic mass is 35.5. The highest BCUT2D eigenvalue weighted by Crippen LogP contribution is 2.45. The number of nitrogens with one attached hydrogen (secondary N) is 6. The number of piperidine rings is 2. The Morgan fingerprint density at radius 1 is 0.523 bits per heavy atom. The van der Waals surface area contributed by atoms with Crippen LogP contribution >= 0.6 is 46.4 Å². The summed E-state index contributed by atoms with van der Waals surface area (Å²) < 4.78 is 123. The van der Waals surface area contributed by atoms with E-state index < -0.39 is 43.9 Å². The highest BCUT2D eigenvalue weighted by Gasteiger charge is 2.43. The van der Waals surface area contributed by atoms with E-state index in [1.807, 2.05) is 0 Å². The van der Waals surface area contributed by atoms with E-state index in [1.54, 1.807) is 24.3 Å². The number of rotatable bonds is 33. The smallest absolute Gasteiger partial charge is 0.314 e. The number of ether oxygens (including phenoxy) is 6. The SMILES string of the molecule is N[C@@H]1CCCN([C@H]2Cc3c(Cl)cc(Cl)cc3[C@@H]2Oc2ccc(S(=O)(=O)NCCOCCOCCNC(=O)NCCCCNC(=O)NCCOCCOCCNS(=O)(=O)c3ccc(O[C@H]4c5cc(Cl)cc(Cl)c5C[C@@H]4N4CCC[C@@H](N)C4)c(F)c3)cc2F)C1. The number of hydrogen-bond donors (Lipinski definition) is 8. The predicted octanol–water partition coefficient (Wildman–Crippen LogP) is 6.22. The predicted molar refractivity (Wildman–Crippen MR) is 331 cm³/mol. The Kier molecular flexibility index (Phi) is 26.6. The van der Waals surface area contributed by atoms with E-state index in [1.165, 1.54) is 24.3 Å². The molecule has 30 heteroatoms. The number of amides is 4. The van der Waals surface area contributed by atoms with Crippen LogP contribution in [0, 0.1) is 11.6 Å². The second-order valence-corrected chi connectivity index (χ2v) is 27.0. The number of nitrogens with two attached hydrogens (primary N) is 2. The number of carbonyl (C=O) groups is 2. The molecule has 0 bridgehead atoms. The van der Waals surface area contributed by atoms with Crippen molar-refractivity contribution in [1.82, 2.24) is 40.5 Å². The van der Waals surface area contributed by atoms with Crippen LogP contribution in [0.4, 0.5) is 18.4 Å². The lowest BCUT2D eigenvalue weighted by Gasteiger charge is -2.38. The van der Waals surface area contributed by atoms with E-state index in [0.29, 0.717) is 72.0 Å². The van der Waals surface area contributed by atoms with Gasteiger partial charge in [-0.3, -0.25) is 9.80 Å². The second kappa shape index (κ2) is 33.7. The van der Waals surface area contributed by atoms with Crippen molar-refractivity contribution in [1.29, 1.82) is 0 Å². The number of halogens is 6. The van der Waals surface area contributed by atoms with Crippen LogP contribution in [-0.4, -0.2) is 181 Å². The zero-order chi connectivity index (χ0) is 62.8. The summed E-state index contributed by atoms with van der Waals surface area (Å²) in [7, 11) is -8.16. The van der Waals surface area contributed by atoms with E-state index in [4.69, 9.17) is 86.3 Å². The Morgan fingerprint density at radius 2 is 0.898 bits per heavy atom. The zero-order valence-electron chi connectivity index (χ0n) is 48.7. The Morgan fingerprint density at radius 3 is 1.27 bits per heavy atom. The summed E-state index contributed by atoms with van der Waals surface area (Å²) in [4.78, 5) is 28.2. The van der Waals surface area contributed by atoms with E-state index in [-0.39, 0.29) is 137 Å². The molecule has 4 aromatic carbocycles. The van der Waals surface area contributed by atoms with Crippen LogP contribution < -0.4 is 51.7 Å². The molecule has 0 spiro atoms. The Balaban J connectivity index is 0.591. The third-order valence-electron chi connectivity index (χ3n) is 15.4. The Hall–Kier alpha value is -4.46. The molecule has 486 valence electrons. The molecule has 10 N–H and O–H groups in total. The molecule has 0 radical (unpaired) electrons. The highest BCUT2D eigenvalue weighted by molar-refractivity contribution is 7.89. The third kappa shape index (κ3) is 20.0.